The van der Waals surface area contributed by atoms with Gasteiger partial charge in [0, 0.05) is 18.7 Å². The molecule has 0 heterocycles. The van der Waals surface area contributed by atoms with Gasteiger partial charge in [0.15, 0.2) is 0 Å². The highest BCUT2D eigenvalue weighted by Gasteiger charge is 2.45. The molecule has 0 aliphatic heterocycles. The van der Waals surface area contributed by atoms with E-state index in [0.29, 0.717) is 43.9 Å². The molecule has 1 aliphatic rings. The number of ether oxygens (including phenoxy) is 4. The molecular weight excluding hydrogens is 498 g/mol. The van der Waals surface area contributed by atoms with E-state index >= 15 is 0 Å². The lowest BCUT2D eigenvalue weighted by molar-refractivity contribution is -0.151. The lowest BCUT2D eigenvalue weighted by Gasteiger charge is -2.33. The molecule has 2 atom stereocenters. The van der Waals surface area contributed by atoms with E-state index in [4.69, 9.17) is 30.5 Å². The number of hydrogen-bond donors (Lipinski definition) is 1. The maximum absolute atomic E-state index is 13.7. The summed E-state index contributed by atoms with van der Waals surface area (Å²) < 4.78 is 21.5. The van der Waals surface area contributed by atoms with Crippen LogP contribution in [0.4, 0.5) is 0 Å². The van der Waals surface area contributed by atoms with Gasteiger partial charge in [0.05, 0.1) is 43.6 Å². The fourth-order valence-corrected chi connectivity index (χ4v) is 4.80. The zero-order valence-electron chi connectivity index (χ0n) is 22.0. The normalized spacial score (nSPS) is 16.0. The zero-order valence-corrected chi connectivity index (χ0v) is 22.7. The number of nitrogens with one attached hydrogen (secondary N) is 1. The Kier molecular flexibility index (Phi) is 13.7. The molecule has 0 unspecified atom stereocenters. The second-order valence-electron chi connectivity index (χ2n) is 9.41. The van der Waals surface area contributed by atoms with E-state index in [1.165, 1.54) is 6.08 Å². The molecule has 206 valence electrons. The summed E-state index contributed by atoms with van der Waals surface area (Å²) in [5.74, 6) is -1.38. The molecule has 0 aromatic heterocycles. The summed E-state index contributed by atoms with van der Waals surface area (Å²) in [5.41, 5.74) is 0.205. The van der Waals surface area contributed by atoms with Crippen LogP contribution >= 0.6 is 11.6 Å². The monoisotopic (exact) mass is 537 g/mol. The van der Waals surface area contributed by atoms with Crippen molar-refractivity contribution >= 4 is 29.4 Å². The van der Waals surface area contributed by atoms with E-state index in [1.807, 2.05) is 12.1 Å². The Morgan fingerprint density at radius 2 is 1.86 bits per heavy atom. The third-order valence-corrected chi connectivity index (χ3v) is 6.83. The second kappa shape index (κ2) is 16.4. The lowest BCUT2D eigenvalue weighted by atomic mass is 9.75. The van der Waals surface area contributed by atoms with Crippen molar-refractivity contribution in [3.8, 4) is 0 Å². The molecule has 9 heteroatoms. The maximum Gasteiger partial charge on any atom is 0.309 e. The third kappa shape index (κ3) is 10.5. The van der Waals surface area contributed by atoms with Crippen LogP contribution in [-0.2, 0) is 39.9 Å². The minimum Gasteiger partial charge on any atom is -0.466 e. The van der Waals surface area contributed by atoms with Gasteiger partial charge in [0.1, 0.15) is 6.61 Å². The van der Waals surface area contributed by atoms with Crippen LogP contribution in [0, 0.1) is 11.3 Å². The van der Waals surface area contributed by atoms with Gasteiger partial charge in [-0.1, -0.05) is 49.2 Å². The number of methoxy groups -OCH3 is 1. The van der Waals surface area contributed by atoms with Gasteiger partial charge < -0.3 is 24.3 Å². The van der Waals surface area contributed by atoms with Gasteiger partial charge in [0.25, 0.3) is 0 Å². The van der Waals surface area contributed by atoms with Gasteiger partial charge in [-0.05, 0) is 50.3 Å². The zero-order chi connectivity index (χ0) is 27.1. The van der Waals surface area contributed by atoms with Crippen molar-refractivity contribution in [1.29, 1.82) is 0 Å². The van der Waals surface area contributed by atoms with Crippen molar-refractivity contribution in [3.63, 3.8) is 0 Å². The lowest BCUT2D eigenvalue weighted by Crippen LogP contribution is -2.48. The Bertz CT molecular complexity index is 868. The van der Waals surface area contributed by atoms with Crippen LogP contribution in [0.2, 0.25) is 5.02 Å². The Labute approximate surface area is 225 Å². The fraction of sp³-hybridized carbons (Fsp3) is 0.607. The van der Waals surface area contributed by atoms with Crippen LogP contribution in [0.1, 0.15) is 57.4 Å². The average Bonchev–Trinajstić information content (AvgIpc) is 3.36. The van der Waals surface area contributed by atoms with Crippen LogP contribution in [0.25, 0.3) is 0 Å². The largest absolute Gasteiger partial charge is 0.466 e. The van der Waals surface area contributed by atoms with Gasteiger partial charge in [-0.15, -0.1) is 0 Å². The fourth-order valence-electron chi connectivity index (χ4n) is 4.67. The highest BCUT2D eigenvalue weighted by molar-refractivity contribution is 6.30. The maximum atomic E-state index is 13.7. The van der Waals surface area contributed by atoms with Crippen molar-refractivity contribution < 1.29 is 33.3 Å². The number of rotatable bonds is 17. The molecule has 0 saturated heterocycles. The summed E-state index contributed by atoms with van der Waals surface area (Å²) >= 11 is 5.95. The highest BCUT2D eigenvalue weighted by atomic mass is 35.5. The van der Waals surface area contributed by atoms with E-state index in [2.05, 4.69) is 11.9 Å². The van der Waals surface area contributed by atoms with Crippen LogP contribution in [0.15, 0.2) is 36.9 Å². The number of carbonyl (C=O) groups excluding carboxylic acids is 3. The molecule has 1 N–H and O–H groups in total. The van der Waals surface area contributed by atoms with Gasteiger partial charge in [-0.25, -0.2) is 0 Å². The van der Waals surface area contributed by atoms with Gasteiger partial charge in [-0.2, -0.15) is 0 Å². The summed E-state index contributed by atoms with van der Waals surface area (Å²) in [6.45, 7) is 6.53. The predicted molar refractivity (Wildman–Crippen MR) is 141 cm³/mol. The molecule has 1 aromatic carbocycles. The molecule has 0 bridgehead atoms. The Morgan fingerprint density at radius 3 is 2.49 bits per heavy atom. The quantitative estimate of drug-likeness (QED) is 0.228. The van der Waals surface area contributed by atoms with Crippen LogP contribution in [0.3, 0.4) is 0 Å². The van der Waals surface area contributed by atoms with Gasteiger partial charge >= 0.3 is 11.9 Å². The molecule has 1 aliphatic carbocycles. The first-order valence-electron chi connectivity index (χ1n) is 12.9. The van der Waals surface area contributed by atoms with Crippen molar-refractivity contribution in [1.82, 2.24) is 5.32 Å². The molecule has 37 heavy (non-hydrogen) atoms. The Morgan fingerprint density at radius 1 is 1.16 bits per heavy atom. The van der Waals surface area contributed by atoms with E-state index in [9.17, 15) is 14.4 Å². The highest BCUT2D eigenvalue weighted by Crippen LogP contribution is 2.44. The minimum atomic E-state index is -0.718. The Hall–Kier alpha value is -2.42. The molecule has 0 radical (unpaired) electrons. The molecule has 1 amide bonds. The topological polar surface area (TPSA) is 100 Å². The molecule has 2 rings (SSSR count). The van der Waals surface area contributed by atoms with E-state index < -0.39 is 23.3 Å². The summed E-state index contributed by atoms with van der Waals surface area (Å²) in [6, 6.07) is 6.68. The first-order valence-corrected chi connectivity index (χ1v) is 13.3. The molecule has 1 fully saturated rings. The van der Waals surface area contributed by atoms with Crippen molar-refractivity contribution in [3.05, 3.63) is 47.5 Å². The number of benzene rings is 1. The van der Waals surface area contributed by atoms with Crippen molar-refractivity contribution in [2.75, 3.05) is 33.5 Å². The second-order valence-corrected chi connectivity index (χ2v) is 9.85. The third-order valence-electron chi connectivity index (χ3n) is 6.58. The molecule has 1 aromatic rings. The van der Waals surface area contributed by atoms with Crippen molar-refractivity contribution in [2.24, 2.45) is 11.3 Å². The first kappa shape index (κ1) is 30.8. The number of amides is 1. The van der Waals surface area contributed by atoms with Crippen LogP contribution < -0.4 is 5.32 Å². The number of halogens is 1. The van der Waals surface area contributed by atoms with Crippen LogP contribution in [0.5, 0.6) is 0 Å². The molecule has 8 nitrogen and oxygen atoms in total. The SMILES string of the molecule is C=CCOC(=O)C[C@@H](COCc1ccc(Cl)cc1)NC(=O)C1(C[C@@H](CCOC)C(=O)OCC)CCCC1. The van der Waals surface area contributed by atoms with Gasteiger partial charge in [-0.3, -0.25) is 14.4 Å². The van der Waals surface area contributed by atoms with E-state index in [0.717, 1.165) is 18.4 Å². The van der Waals surface area contributed by atoms with Crippen molar-refractivity contribution in [2.45, 2.75) is 64.5 Å². The summed E-state index contributed by atoms with van der Waals surface area (Å²) in [5, 5.41) is 3.67. The van der Waals surface area contributed by atoms with Gasteiger partial charge in [0.2, 0.25) is 5.91 Å². The molecular formula is C28H40ClNO7. The van der Waals surface area contributed by atoms with Crippen LogP contribution in [-0.4, -0.2) is 57.4 Å². The molecule has 0 spiro atoms. The van der Waals surface area contributed by atoms with E-state index in [1.54, 1.807) is 26.2 Å². The Balaban J connectivity index is 2.12. The number of hydrogen-bond acceptors (Lipinski definition) is 7. The molecule has 1 saturated carbocycles. The minimum absolute atomic E-state index is 0.0404. The number of esters is 2. The smallest absolute Gasteiger partial charge is 0.309 e. The predicted octanol–water partition coefficient (Wildman–Crippen LogP) is 4.63. The standard InChI is InChI=1S/C28H40ClNO7/c1-4-15-37-25(31)17-24(20-35-19-21-8-10-23(29)11-9-21)30-27(33)28(13-6-7-14-28)18-22(12-16-34-3)26(32)36-5-2/h4,8-11,22,24H,1,5-7,12-20H2,2-3H3,(H,30,33)/t22-,24+/m1/s1. The first-order chi connectivity index (χ1) is 17.8. The number of carbonyl (C=O) groups is 3. The average molecular weight is 538 g/mol. The summed E-state index contributed by atoms with van der Waals surface area (Å²) in [7, 11) is 1.58. The van der Waals surface area contributed by atoms with E-state index in [-0.39, 0.29) is 38.1 Å². The summed E-state index contributed by atoms with van der Waals surface area (Å²) in [6.07, 6.45) is 5.43. The summed E-state index contributed by atoms with van der Waals surface area (Å²) in [4.78, 5) is 38.7.